The molecule has 0 bridgehead atoms. The van der Waals surface area contributed by atoms with E-state index in [0.29, 0.717) is 6.42 Å². The molecule has 4 heteroatoms. The maximum Gasteiger partial charge on any atom is 0.186 e. The topological polar surface area (TPSA) is 84.6 Å². The van der Waals surface area contributed by atoms with Crippen LogP contribution in [0, 0.1) is 0 Å². The average Bonchev–Trinajstić information content (AvgIpc) is 2.02. The van der Waals surface area contributed by atoms with Gasteiger partial charge in [-0.1, -0.05) is 11.6 Å². The zero-order chi connectivity index (χ0) is 11.0. The quantitative estimate of drug-likeness (QED) is 0.335. The molecule has 0 radical (unpaired) electrons. The lowest BCUT2D eigenvalue weighted by Crippen LogP contribution is -2.25. The lowest BCUT2D eigenvalue weighted by molar-refractivity contribution is 0.273. The third-order valence-corrected chi connectivity index (χ3v) is 1.85. The molecule has 0 aromatic heterocycles. The van der Waals surface area contributed by atoms with Crippen LogP contribution in [0.25, 0.3) is 0 Å². The molecule has 4 nitrogen and oxygen atoms in total. The van der Waals surface area contributed by atoms with Gasteiger partial charge in [-0.3, -0.25) is 4.99 Å². The lowest BCUT2D eigenvalue weighted by Gasteiger charge is -2.09. The van der Waals surface area contributed by atoms with Crippen molar-refractivity contribution in [2.24, 2.45) is 16.5 Å². The van der Waals surface area contributed by atoms with E-state index in [1.807, 2.05) is 0 Å². The van der Waals surface area contributed by atoms with Crippen molar-refractivity contribution >= 4 is 5.96 Å². The molecule has 0 aliphatic heterocycles. The van der Waals surface area contributed by atoms with E-state index in [1.54, 1.807) is 0 Å². The van der Waals surface area contributed by atoms with Gasteiger partial charge in [0.15, 0.2) is 5.96 Å². The molecule has 14 heavy (non-hydrogen) atoms. The molecule has 0 aromatic carbocycles. The van der Waals surface area contributed by atoms with Gasteiger partial charge in [0.1, 0.15) is 0 Å². The minimum Gasteiger partial charge on any atom is -0.396 e. The Balaban J connectivity index is 3.97. The van der Waals surface area contributed by atoms with Crippen molar-refractivity contribution in [3.05, 3.63) is 11.6 Å². The van der Waals surface area contributed by atoms with Crippen molar-refractivity contribution in [1.29, 1.82) is 0 Å². The number of aliphatic imine (C=N–C) groups is 1. The summed E-state index contributed by atoms with van der Waals surface area (Å²) in [4.78, 5) is 4.05. The van der Waals surface area contributed by atoms with Crippen LogP contribution in [-0.4, -0.2) is 23.7 Å². The molecule has 0 heterocycles. The highest BCUT2D eigenvalue weighted by Crippen LogP contribution is 2.08. The Morgan fingerprint density at radius 1 is 1.36 bits per heavy atom. The second-order valence-electron chi connectivity index (χ2n) is 3.58. The molecular weight excluding hydrogens is 178 g/mol. The maximum absolute atomic E-state index is 8.79. The Bertz CT molecular complexity index is 203. The summed E-state index contributed by atoms with van der Waals surface area (Å²) in [6, 6.07) is 0.0422. The number of nitrogens with zero attached hydrogens (tertiary/aromatic N) is 1. The lowest BCUT2D eigenvalue weighted by atomic mass is 10.1. The van der Waals surface area contributed by atoms with Gasteiger partial charge in [-0.25, -0.2) is 0 Å². The Morgan fingerprint density at radius 2 is 2.00 bits per heavy atom. The van der Waals surface area contributed by atoms with Gasteiger partial charge < -0.3 is 16.6 Å². The molecule has 0 saturated heterocycles. The highest BCUT2D eigenvalue weighted by Gasteiger charge is 2.04. The maximum atomic E-state index is 8.79. The van der Waals surface area contributed by atoms with Crippen LogP contribution in [0.15, 0.2) is 16.6 Å². The largest absolute Gasteiger partial charge is 0.396 e. The first-order chi connectivity index (χ1) is 6.56. The van der Waals surface area contributed by atoms with Gasteiger partial charge >= 0.3 is 0 Å². The number of hydrogen-bond donors (Lipinski definition) is 3. The number of aliphatic hydroxyl groups excluding tert-OH is 1. The van der Waals surface area contributed by atoms with E-state index in [9.17, 15) is 0 Å². The molecule has 5 N–H and O–H groups in total. The van der Waals surface area contributed by atoms with Crippen molar-refractivity contribution < 1.29 is 5.11 Å². The van der Waals surface area contributed by atoms with E-state index < -0.39 is 0 Å². The van der Waals surface area contributed by atoms with Gasteiger partial charge in [-0.05, 0) is 33.1 Å². The second-order valence-corrected chi connectivity index (χ2v) is 3.58. The highest BCUT2D eigenvalue weighted by atomic mass is 16.3. The summed E-state index contributed by atoms with van der Waals surface area (Å²) in [5.41, 5.74) is 11.9. The van der Waals surface area contributed by atoms with Crippen LogP contribution in [-0.2, 0) is 0 Å². The number of hydrogen-bond acceptors (Lipinski definition) is 2. The SMILES string of the molecule is CC(C)=CCC[C@@H](CCO)N=C(N)N. The average molecular weight is 199 g/mol. The predicted molar refractivity (Wildman–Crippen MR) is 60.0 cm³/mol. The first-order valence-corrected chi connectivity index (χ1v) is 4.89. The van der Waals surface area contributed by atoms with Gasteiger partial charge in [0, 0.05) is 6.61 Å². The van der Waals surface area contributed by atoms with Gasteiger partial charge in [0.2, 0.25) is 0 Å². The highest BCUT2D eigenvalue weighted by molar-refractivity contribution is 5.75. The van der Waals surface area contributed by atoms with Crippen molar-refractivity contribution in [3.8, 4) is 0 Å². The Morgan fingerprint density at radius 3 is 2.43 bits per heavy atom. The molecular formula is C10H21N3O. The minimum atomic E-state index is 0.0422. The van der Waals surface area contributed by atoms with Crippen LogP contribution < -0.4 is 11.5 Å². The smallest absolute Gasteiger partial charge is 0.186 e. The van der Waals surface area contributed by atoms with Crippen LogP contribution in [0.2, 0.25) is 0 Å². The minimum absolute atomic E-state index is 0.0422. The van der Waals surface area contributed by atoms with E-state index in [4.69, 9.17) is 16.6 Å². The number of nitrogens with two attached hydrogens (primary N) is 2. The fourth-order valence-corrected chi connectivity index (χ4v) is 1.20. The summed E-state index contributed by atoms with van der Waals surface area (Å²) in [6.45, 7) is 4.24. The van der Waals surface area contributed by atoms with Gasteiger partial charge in [0.05, 0.1) is 6.04 Å². The van der Waals surface area contributed by atoms with E-state index in [-0.39, 0.29) is 18.6 Å². The summed E-state index contributed by atoms with van der Waals surface area (Å²) in [5, 5.41) is 8.79. The molecule has 0 amide bonds. The molecule has 0 fully saturated rings. The Kier molecular flexibility index (Phi) is 6.84. The summed E-state index contributed by atoms with van der Waals surface area (Å²) in [5.74, 6) is 0.0978. The number of guanidine groups is 1. The molecule has 0 aliphatic rings. The molecule has 82 valence electrons. The number of rotatable bonds is 6. The van der Waals surface area contributed by atoms with Crippen molar-refractivity contribution in [2.75, 3.05) is 6.61 Å². The van der Waals surface area contributed by atoms with Gasteiger partial charge in [-0.15, -0.1) is 0 Å². The summed E-state index contributed by atoms with van der Waals surface area (Å²) in [6.07, 6.45) is 4.59. The Hall–Kier alpha value is -1.03. The molecule has 1 atom stereocenters. The second kappa shape index (κ2) is 7.38. The third kappa shape index (κ3) is 7.61. The normalized spacial score (nSPS) is 11.9. The standard InChI is InChI=1S/C10H21N3O/c1-8(2)4-3-5-9(6-7-14)13-10(11)12/h4,9,14H,3,5-7H2,1-2H3,(H4,11,12,13)/t9-/m0/s1. The van der Waals surface area contributed by atoms with Crippen molar-refractivity contribution in [3.63, 3.8) is 0 Å². The first-order valence-electron chi connectivity index (χ1n) is 4.89. The van der Waals surface area contributed by atoms with Crippen LogP contribution in [0.3, 0.4) is 0 Å². The summed E-state index contributed by atoms with van der Waals surface area (Å²) in [7, 11) is 0. The summed E-state index contributed by atoms with van der Waals surface area (Å²) >= 11 is 0. The summed E-state index contributed by atoms with van der Waals surface area (Å²) < 4.78 is 0. The van der Waals surface area contributed by atoms with E-state index in [1.165, 1.54) is 5.57 Å². The van der Waals surface area contributed by atoms with Crippen molar-refractivity contribution in [1.82, 2.24) is 0 Å². The Labute approximate surface area is 85.7 Å². The van der Waals surface area contributed by atoms with Crippen LogP contribution in [0.1, 0.15) is 33.1 Å². The fourth-order valence-electron chi connectivity index (χ4n) is 1.20. The monoisotopic (exact) mass is 199 g/mol. The third-order valence-electron chi connectivity index (χ3n) is 1.85. The predicted octanol–water partition coefficient (Wildman–Crippen LogP) is 0.757. The van der Waals surface area contributed by atoms with E-state index in [2.05, 4.69) is 24.9 Å². The molecule has 0 saturated carbocycles. The van der Waals surface area contributed by atoms with Crippen LogP contribution in [0.5, 0.6) is 0 Å². The van der Waals surface area contributed by atoms with E-state index >= 15 is 0 Å². The zero-order valence-corrected chi connectivity index (χ0v) is 9.03. The first kappa shape index (κ1) is 13.0. The molecule has 0 aromatic rings. The van der Waals surface area contributed by atoms with E-state index in [0.717, 1.165) is 12.8 Å². The van der Waals surface area contributed by atoms with Crippen LogP contribution in [0.4, 0.5) is 0 Å². The van der Waals surface area contributed by atoms with Gasteiger partial charge in [-0.2, -0.15) is 0 Å². The van der Waals surface area contributed by atoms with Gasteiger partial charge in [0.25, 0.3) is 0 Å². The molecule has 0 rings (SSSR count). The zero-order valence-electron chi connectivity index (χ0n) is 9.03. The molecule has 0 aliphatic carbocycles. The fraction of sp³-hybridized carbons (Fsp3) is 0.700. The molecule has 0 spiro atoms. The molecule has 0 unspecified atom stereocenters. The van der Waals surface area contributed by atoms with Crippen molar-refractivity contribution in [2.45, 2.75) is 39.2 Å². The van der Waals surface area contributed by atoms with Crippen LogP contribution >= 0.6 is 0 Å². The number of aliphatic hydroxyl groups is 1. The number of allylic oxidation sites excluding steroid dienone is 2.